The Labute approximate surface area is 110 Å². The Balaban J connectivity index is 1.96. The Bertz CT molecular complexity index is 473. The Hall–Kier alpha value is -0.740. The predicted octanol–water partition coefficient (Wildman–Crippen LogP) is 4.60. The van der Waals surface area contributed by atoms with E-state index < -0.39 is 0 Å². The van der Waals surface area contributed by atoms with Crippen molar-refractivity contribution < 1.29 is 4.42 Å². The lowest BCUT2D eigenvalue weighted by Gasteiger charge is -2.01. The molecule has 0 N–H and O–H groups in total. The van der Waals surface area contributed by atoms with Crippen molar-refractivity contribution in [1.29, 1.82) is 0 Å². The molecule has 4 heteroatoms. The molecular weight excluding hydrogens is 250 g/mol. The van der Waals surface area contributed by atoms with Gasteiger partial charge >= 0.3 is 0 Å². The standard InChI is InChI=1S/C13H17NOS2/c1-9(2)6-16-7-11-8-17-13(14-11)12-5-4-10(3)15-12/h4-5,8-9H,6-7H2,1-3H3. The fraction of sp³-hybridized carbons (Fsp3) is 0.462. The predicted molar refractivity (Wildman–Crippen MR) is 75.6 cm³/mol. The molecular formula is C13H17NOS2. The summed E-state index contributed by atoms with van der Waals surface area (Å²) in [4.78, 5) is 4.59. The number of hydrogen-bond donors (Lipinski definition) is 0. The summed E-state index contributed by atoms with van der Waals surface area (Å²) in [6.07, 6.45) is 0. The van der Waals surface area contributed by atoms with Crippen LogP contribution in [0.2, 0.25) is 0 Å². The van der Waals surface area contributed by atoms with Crippen LogP contribution in [0.1, 0.15) is 25.3 Å². The molecule has 0 aromatic carbocycles. The summed E-state index contributed by atoms with van der Waals surface area (Å²) in [5.74, 6) is 4.74. The molecule has 0 aliphatic heterocycles. The van der Waals surface area contributed by atoms with E-state index in [0.717, 1.165) is 33.9 Å². The number of aromatic nitrogens is 1. The Morgan fingerprint density at radius 2 is 2.24 bits per heavy atom. The molecule has 0 saturated carbocycles. The number of aryl methyl sites for hydroxylation is 1. The van der Waals surface area contributed by atoms with Gasteiger partial charge in [0.1, 0.15) is 5.76 Å². The third-order valence-corrected chi connectivity index (χ3v) is 4.51. The molecule has 0 aliphatic rings. The minimum absolute atomic E-state index is 0.742. The van der Waals surface area contributed by atoms with Gasteiger partial charge < -0.3 is 4.42 Å². The van der Waals surface area contributed by atoms with Gasteiger partial charge in [-0.2, -0.15) is 11.8 Å². The first-order valence-electron chi connectivity index (χ1n) is 5.74. The lowest BCUT2D eigenvalue weighted by molar-refractivity contribution is 0.548. The number of nitrogens with zero attached hydrogens (tertiary/aromatic N) is 1. The molecule has 2 aromatic heterocycles. The lowest BCUT2D eigenvalue weighted by Crippen LogP contribution is -1.91. The largest absolute Gasteiger partial charge is 0.459 e. The van der Waals surface area contributed by atoms with E-state index in [-0.39, 0.29) is 0 Å². The maximum Gasteiger partial charge on any atom is 0.162 e. The zero-order chi connectivity index (χ0) is 12.3. The number of thiazole rings is 1. The highest BCUT2D eigenvalue weighted by Gasteiger charge is 2.08. The van der Waals surface area contributed by atoms with Crippen LogP contribution in [-0.4, -0.2) is 10.7 Å². The van der Waals surface area contributed by atoms with Crippen LogP contribution in [0.5, 0.6) is 0 Å². The molecule has 2 aromatic rings. The summed E-state index contributed by atoms with van der Waals surface area (Å²) in [5.41, 5.74) is 1.16. The average molecular weight is 267 g/mol. The maximum absolute atomic E-state index is 5.57. The zero-order valence-electron chi connectivity index (χ0n) is 10.4. The van der Waals surface area contributed by atoms with Gasteiger partial charge in [-0.1, -0.05) is 13.8 Å². The monoisotopic (exact) mass is 267 g/mol. The van der Waals surface area contributed by atoms with E-state index in [1.54, 1.807) is 11.3 Å². The van der Waals surface area contributed by atoms with Crippen molar-refractivity contribution in [1.82, 2.24) is 4.98 Å². The molecule has 0 radical (unpaired) electrons. The molecule has 0 unspecified atom stereocenters. The number of furan rings is 1. The molecule has 2 nitrogen and oxygen atoms in total. The van der Waals surface area contributed by atoms with Gasteiger partial charge in [0.25, 0.3) is 0 Å². The molecule has 0 bridgehead atoms. The van der Waals surface area contributed by atoms with Crippen LogP contribution in [0, 0.1) is 12.8 Å². The molecule has 0 saturated heterocycles. The number of thioether (sulfide) groups is 1. The van der Waals surface area contributed by atoms with Crippen molar-refractivity contribution in [2.45, 2.75) is 26.5 Å². The van der Waals surface area contributed by atoms with Crippen molar-refractivity contribution in [3.63, 3.8) is 0 Å². The van der Waals surface area contributed by atoms with Crippen molar-refractivity contribution in [3.8, 4) is 10.8 Å². The van der Waals surface area contributed by atoms with Crippen LogP contribution < -0.4 is 0 Å². The molecule has 17 heavy (non-hydrogen) atoms. The van der Waals surface area contributed by atoms with E-state index in [0.29, 0.717) is 0 Å². The maximum atomic E-state index is 5.57. The van der Waals surface area contributed by atoms with E-state index in [1.807, 2.05) is 30.8 Å². The van der Waals surface area contributed by atoms with E-state index in [1.165, 1.54) is 5.75 Å². The first-order valence-corrected chi connectivity index (χ1v) is 7.77. The molecule has 2 rings (SSSR count). The van der Waals surface area contributed by atoms with Crippen LogP contribution in [0.3, 0.4) is 0 Å². The van der Waals surface area contributed by atoms with Crippen LogP contribution in [0.4, 0.5) is 0 Å². The topological polar surface area (TPSA) is 26.0 Å². The van der Waals surface area contributed by atoms with Gasteiger partial charge in [-0.15, -0.1) is 11.3 Å². The Kier molecular flexibility index (Phi) is 4.29. The smallest absolute Gasteiger partial charge is 0.162 e. The van der Waals surface area contributed by atoms with Gasteiger partial charge in [0.2, 0.25) is 0 Å². The third kappa shape index (κ3) is 3.61. The second-order valence-corrected chi connectivity index (χ2v) is 6.35. The van der Waals surface area contributed by atoms with E-state index >= 15 is 0 Å². The lowest BCUT2D eigenvalue weighted by atomic mass is 10.3. The third-order valence-electron chi connectivity index (χ3n) is 2.20. The van der Waals surface area contributed by atoms with Gasteiger partial charge in [-0.05, 0) is 30.7 Å². The molecule has 0 amide bonds. The van der Waals surface area contributed by atoms with Gasteiger partial charge in [-0.25, -0.2) is 4.98 Å². The van der Waals surface area contributed by atoms with Crippen LogP contribution in [0.15, 0.2) is 21.9 Å². The second-order valence-electron chi connectivity index (χ2n) is 4.46. The molecule has 0 spiro atoms. The first-order chi connectivity index (χ1) is 8.15. The Morgan fingerprint density at radius 1 is 1.41 bits per heavy atom. The normalized spacial score (nSPS) is 11.3. The average Bonchev–Trinajstić information content (AvgIpc) is 2.86. The van der Waals surface area contributed by atoms with Gasteiger partial charge in [0, 0.05) is 11.1 Å². The van der Waals surface area contributed by atoms with E-state index in [2.05, 4.69) is 24.2 Å². The van der Waals surface area contributed by atoms with Crippen molar-refractivity contribution in [3.05, 3.63) is 29.0 Å². The summed E-state index contributed by atoms with van der Waals surface area (Å²) in [6, 6.07) is 3.96. The highest BCUT2D eigenvalue weighted by molar-refractivity contribution is 7.98. The van der Waals surface area contributed by atoms with Gasteiger partial charge in [0.15, 0.2) is 10.8 Å². The minimum atomic E-state index is 0.742. The van der Waals surface area contributed by atoms with Gasteiger partial charge in [0.05, 0.1) is 5.69 Å². The van der Waals surface area contributed by atoms with Crippen LogP contribution in [-0.2, 0) is 5.75 Å². The summed E-state index contributed by atoms with van der Waals surface area (Å²) in [5, 5.41) is 3.11. The van der Waals surface area contributed by atoms with Crippen molar-refractivity contribution in [2.24, 2.45) is 5.92 Å². The molecule has 0 aliphatic carbocycles. The molecule has 0 atom stereocenters. The summed E-state index contributed by atoms with van der Waals surface area (Å²) < 4.78 is 5.57. The minimum Gasteiger partial charge on any atom is -0.459 e. The highest BCUT2D eigenvalue weighted by atomic mass is 32.2. The highest BCUT2D eigenvalue weighted by Crippen LogP contribution is 2.27. The fourth-order valence-corrected chi connectivity index (χ4v) is 3.27. The SMILES string of the molecule is Cc1ccc(-c2nc(CSCC(C)C)cs2)o1. The van der Waals surface area contributed by atoms with Crippen LogP contribution in [0.25, 0.3) is 10.8 Å². The Morgan fingerprint density at radius 3 is 2.88 bits per heavy atom. The zero-order valence-corrected chi connectivity index (χ0v) is 12.0. The van der Waals surface area contributed by atoms with Crippen molar-refractivity contribution >= 4 is 23.1 Å². The van der Waals surface area contributed by atoms with E-state index in [4.69, 9.17) is 4.42 Å². The summed E-state index contributed by atoms with van der Waals surface area (Å²) in [7, 11) is 0. The van der Waals surface area contributed by atoms with Crippen LogP contribution >= 0.6 is 23.1 Å². The second kappa shape index (κ2) is 5.74. The number of hydrogen-bond acceptors (Lipinski definition) is 4. The molecule has 0 fully saturated rings. The van der Waals surface area contributed by atoms with Crippen molar-refractivity contribution in [2.75, 3.05) is 5.75 Å². The van der Waals surface area contributed by atoms with Gasteiger partial charge in [-0.3, -0.25) is 0 Å². The first kappa shape index (κ1) is 12.7. The van der Waals surface area contributed by atoms with E-state index in [9.17, 15) is 0 Å². The summed E-state index contributed by atoms with van der Waals surface area (Å²) >= 11 is 3.60. The fourth-order valence-electron chi connectivity index (χ4n) is 1.44. The number of rotatable bonds is 5. The quantitative estimate of drug-likeness (QED) is 0.791. The molecule has 2 heterocycles. The molecule has 92 valence electrons. The summed E-state index contributed by atoms with van der Waals surface area (Å²) in [6.45, 7) is 6.44.